The number of carbonyl (C=O) groups excluding carboxylic acids is 2. The molecule has 0 aliphatic heterocycles. The monoisotopic (exact) mass is 442 g/mol. The summed E-state index contributed by atoms with van der Waals surface area (Å²) in [5.41, 5.74) is 0.834. The van der Waals surface area contributed by atoms with Crippen LogP contribution in [0.5, 0.6) is 0 Å². The predicted octanol–water partition coefficient (Wildman–Crippen LogP) is 4.50. The molecular weight excluding hydrogens is 419 g/mol. The normalized spacial score (nSPS) is 12.3. The summed E-state index contributed by atoms with van der Waals surface area (Å²) >= 11 is 6.35. The Morgan fingerprint density at radius 1 is 1.13 bits per heavy atom. The number of nitrogens with one attached hydrogen (secondary N) is 2. The Morgan fingerprint density at radius 2 is 1.81 bits per heavy atom. The summed E-state index contributed by atoms with van der Waals surface area (Å²) in [6, 6.07) is 13.2. The van der Waals surface area contributed by atoms with Gasteiger partial charge in [-0.1, -0.05) is 41.9 Å². The number of aromatic amines is 1. The van der Waals surface area contributed by atoms with Crippen LogP contribution in [0.25, 0.3) is 0 Å². The van der Waals surface area contributed by atoms with Crippen molar-refractivity contribution < 1.29 is 14.0 Å². The fourth-order valence-corrected chi connectivity index (χ4v) is 3.37. The van der Waals surface area contributed by atoms with Gasteiger partial charge in [0.15, 0.2) is 0 Å². The zero-order valence-electron chi connectivity index (χ0n) is 17.5. The highest BCUT2D eigenvalue weighted by atomic mass is 35.5. The summed E-state index contributed by atoms with van der Waals surface area (Å²) in [4.78, 5) is 28.2. The van der Waals surface area contributed by atoms with Crippen molar-refractivity contribution in [3.8, 4) is 0 Å². The van der Waals surface area contributed by atoms with E-state index in [-0.39, 0.29) is 18.1 Å². The Kier molecular flexibility index (Phi) is 6.75. The zero-order chi connectivity index (χ0) is 22.6. The molecular formula is C23H24ClFN4O2. The average Bonchev–Trinajstić information content (AvgIpc) is 3.23. The van der Waals surface area contributed by atoms with E-state index in [1.54, 1.807) is 18.2 Å². The summed E-state index contributed by atoms with van der Waals surface area (Å²) in [6.45, 7) is 5.61. The first kappa shape index (κ1) is 22.5. The molecule has 0 saturated carbocycles. The number of aromatic nitrogens is 2. The number of amides is 2. The molecule has 31 heavy (non-hydrogen) atoms. The lowest BCUT2D eigenvalue weighted by Gasteiger charge is -2.33. The molecule has 3 aromatic rings. The molecule has 0 bridgehead atoms. The molecule has 0 fully saturated rings. The molecule has 0 aliphatic rings. The van der Waals surface area contributed by atoms with Crippen LogP contribution in [0.15, 0.2) is 60.8 Å². The van der Waals surface area contributed by atoms with Crippen LogP contribution in [0.3, 0.4) is 0 Å². The third-order valence-electron chi connectivity index (χ3n) is 4.53. The Hall–Kier alpha value is -3.19. The zero-order valence-corrected chi connectivity index (χ0v) is 18.3. The third kappa shape index (κ3) is 5.70. The van der Waals surface area contributed by atoms with Gasteiger partial charge >= 0.3 is 0 Å². The number of H-pyrrole nitrogens is 1. The summed E-state index contributed by atoms with van der Waals surface area (Å²) < 4.78 is 13.6. The van der Waals surface area contributed by atoms with Crippen molar-refractivity contribution in [1.82, 2.24) is 20.4 Å². The van der Waals surface area contributed by atoms with Crippen LogP contribution < -0.4 is 5.32 Å². The van der Waals surface area contributed by atoms with E-state index in [9.17, 15) is 14.0 Å². The first-order valence-electron chi connectivity index (χ1n) is 9.77. The standard InChI is InChI=1S/C23H24ClFN4O2/c1-23(2,3)27-21(30)20(15-8-10-17(25)11-9-15)29(22(31)19-12-13-26-28-19)14-16-6-4-5-7-18(16)24/h4-13,20H,14H2,1-3H3,(H,26,28)(H,27,30)/t20-/m1/s1. The molecule has 8 heteroatoms. The summed E-state index contributed by atoms with van der Waals surface area (Å²) in [7, 11) is 0. The van der Waals surface area contributed by atoms with Gasteiger partial charge in [0, 0.05) is 23.3 Å². The van der Waals surface area contributed by atoms with Gasteiger partial charge in [0.05, 0.1) is 0 Å². The van der Waals surface area contributed by atoms with Crippen LogP contribution in [-0.4, -0.2) is 32.5 Å². The van der Waals surface area contributed by atoms with Crippen LogP contribution in [0.4, 0.5) is 4.39 Å². The fourth-order valence-electron chi connectivity index (χ4n) is 3.18. The highest BCUT2D eigenvalue weighted by molar-refractivity contribution is 6.31. The number of benzene rings is 2. The molecule has 2 N–H and O–H groups in total. The van der Waals surface area contributed by atoms with Gasteiger partial charge in [0.2, 0.25) is 5.91 Å². The SMILES string of the molecule is CC(C)(C)NC(=O)[C@@H](c1ccc(F)cc1)N(Cc1ccccc1Cl)C(=O)c1ccn[nH]1. The molecule has 2 amide bonds. The summed E-state index contributed by atoms with van der Waals surface area (Å²) in [6.07, 6.45) is 1.46. The van der Waals surface area contributed by atoms with Crippen LogP contribution in [0.1, 0.15) is 48.4 Å². The second-order valence-corrected chi connectivity index (χ2v) is 8.60. The van der Waals surface area contributed by atoms with Crippen LogP contribution in [0.2, 0.25) is 5.02 Å². The summed E-state index contributed by atoms with van der Waals surface area (Å²) in [5.74, 6) is -1.26. The van der Waals surface area contributed by atoms with Crippen LogP contribution in [0, 0.1) is 5.82 Å². The Labute approximate surface area is 185 Å². The number of carbonyl (C=O) groups is 2. The molecule has 6 nitrogen and oxygen atoms in total. The molecule has 1 aromatic heterocycles. The van der Waals surface area contributed by atoms with E-state index in [1.807, 2.05) is 26.8 Å². The van der Waals surface area contributed by atoms with Gasteiger partial charge in [-0.05, 0) is 56.2 Å². The number of rotatable bonds is 6. The molecule has 162 valence electrons. The quantitative estimate of drug-likeness (QED) is 0.590. The van der Waals surface area contributed by atoms with Crippen molar-refractivity contribution in [2.75, 3.05) is 0 Å². The smallest absolute Gasteiger partial charge is 0.273 e. The minimum atomic E-state index is -1.02. The Balaban J connectivity index is 2.10. The van der Waals surface area contributed by atoms with E-state index >= 15 is 0 Å². The van der Waals surface area contributed by atoms with Crippen molar-refractivity contribution in [3.05, 3.63) is 88.5 Å². The van der Waals surface area contributed by atoms with Gasteiger partial charge < -0.3 is 10.2 Å². The Morgan fingerprint density at radius 3 is 2.39 bits per heavy atom. The van der Waals surface area contributed by atoms with E-state index in [4.69, 9.17) is 11.6 Å². The molecule has 0 aliphatic carbocycles. The minimum absolute atomic E-state index is 0.0666. The molecule has 3 rings (SSSR count). The fraction of sp³-hybridized carbons (Fsp3) is 0.261. The average molecular weight is 443 g/mol. The van der Waals surface area contributed by atoms with Crippen molar-refractivity contribution in [1.29, 1.82) is 0 Å². The van der Waals surface area contributed by atoms with Gasteiger partial charge in [-0.2, -0.15) is 5.10 Å². The van der Waals surface area contributed by atoms with E-state index in [1.165, 1.54) is 41.4 Å². The van der Waals surface area contributed by atoms with E-state index in [0.29, 0.717) is 16.1 Å². The first-order chi connectivity index (χ1) is 14.7. The van der Waals surface area contributed by atoms with Gasteiger partial charge in [0.25, 0.3) is 5.91 Å². The van der Waals surface area contributed by atoms with E-state index < -0.39 is 23.3 Å². The second-order valence-electron chi connectivity index (χ2n) is 8.19. The van der Waals surface area contributed by atoms with Gasteiger partial charge in [0.1, 0.15) is 17.6 Å². The predicted molar refractivity (Wildman–Crippen MR) is 117 cm³/mol. The maximum Gasteiger partial charge on any atom is 0.273 e. The first-order valence-corrected chi connectivity index (χ1v) is 10.1. The van der Waals surface area contributed by atoms with Crippen molar-refractivity contribution >= 4 is 23.4 Å². The number of hydrogen-bond donors (Lipinski definition) is 2. The molecule has 1 atom stereocenters. The third-order valence-corrected chi connectivity index (χ3v) is 4.90. The molecule has 0 spiro atoms. The number of halogens is 2. The molecule has 0 unspecified atom stereocenters. The Bertz CT molecular complexity index is 1050. The summed E-state index contributed by atoms with van der Waals surface area (Å²) in [5, 5.41) is 9.90. The number of nitrogens with zero attached hydrogens (tertiary/aromatic N) is 2. The highest BCUT2D eigenvalue weighted by Gasteiger charge is 2.34. The lowest BCUT2D eigenvalue weighted by molar-refractivity contribution is -0.127. The molecule has 2 aromatic carbocycles. The van der Waals surface area contributed by atoms with Gasteiger partial charge in [-0.25, -0.2) is 4.39 Å². The van der Waals surface area contributed by atoms with E-state index in [2.05, 4.69) is 15.5 Å². The van der Waals surface area contributed by atoms with E-state index in [0.717, 1.165) is 0 Å². The van der Waals surface area contributed by atoms with Crippen LogP contribution in [-0.2, 0) is 11.3 Å². The van der Waals surface area contributed by atoms with Gasteiger partial charge in [-0.3, -0.25) is 14.7 Å². The lowest BCUT2D eigenvalue weighted by atomic mass is 10.0. The van der Waals surface area contributed by atoms with Crippen LogP contribution >= 0.6 is 11.6 Å². The minimum Gasteiger partial charge on any atom is -0.349 e. The second kappa shape index (κ2) is 9.31. The highest BCUT2D eigenvalue weighted by Crippen LogP contribution is 2.28. The van der Waals surface area contributed by atoms with Gasteiger partial charge in [-0.15, -0.1) is 0 Å². The molecule has 0 radical (unpaired) electrons. The van der Waals surface area contributed by atoms with Crippen molar-refractivity contribution in [3.63, 3.8) is 0 Å². The maximum absolute atomic E-state index is 13.6. The lowest BCUT2D eigenvalue weighted by Crippen LogP contribution is -2.49. The number of hydrogen-bond acceptors (Lipinski definition) is 3. The molecule has 0 saturated heterocycles. The topological polar surface area (TPSA) is 78.1 Å². The van der Waals surface area contributed by atoms with Crippen molar-refractivity contribution in [2.24, 2.45) is 0 Å². The van der Waals surface area contributed by atoms with Crippen molar-refractivity contribution in [2.45, 2.75) is 38.9 Å². The maximum atomic E-state index is 13.6. The molecule has 1 heterocycles. The largest absolute Gasteiger partial charge is 0.349 e.